The number of rotatable bonds is 9. The molecule has 3 aromatic rings. The van der Waals surface area contributed by atoms with Crippen LogP contribution in [0.2, 0.25) is 15.1 Å². The molecule has 0 fully saturated rings. The standard InChI is InChI=1S/C29H32Cl3N3O4S/c1-19-6-12-24(13-7-19)35(40(38,39)25-14-10-22(30)11-15-25)18-27(36)34(20(2)28(37)33-29(3,4)5)17-21-8-9-23(31)16-26(21)32/h6-16,20H,17-18H2,1-5H3,(H,33,37)/t20-/m1/s1. The van der Waals surface area contributed by atoms with Gasteiger partial charge in [0, 0.05) is 27.2 Å². The van der Waals surface area contributed by atoms with Crippen LogP contribution in [0, 0.1) is 6.92 Å². The second-order valence-corrected chi connectivity index (χ2v) is 13.6. The minimum absolute atomic E-state index is 0.0314. The highest BCUT2D eigenvalue weighted by molar-refractivity contribution is 7.92. The van der Waals surface area contributed by atoms with Crippen LogP contribution in [0.25, 0.3) is 0 Å². The van der Waals surface area contributed by atoms with E-state index in [1.807, 2.05) is 27.7 Å². The number of benzene rings is 3. The molecule has 1 atom stereocenters. The van der Waals surface area contributed by atoms with Crippen LogP contribution in [-0.2, 0) is 26.2 Å². The van der Waals surface area contributed by atoms with E-state index in [2.05, 4.69) is 5.32 Å². The highest BCUT2D eigenvalue weighted by atomic mass is 35.5. The maximum atomic E-state index is 14.0. The number of amides is 2. The average Bonchev–Trinajstić information content (AvgIpc) is 2.86. The van der Waals surface area contributed by atoms with E-state index in [4.69, 9.17) is 34.8 Å². The van der Waals surface area contributed by atoms with E-state index in [9.17, 15) is 18.0 Å². The molecule has 0 aliphatic carbocycles. The van der Waals surface area contributed by atoms with E-state index in [0.717, 1.165) is 9.87 Å². The smallest absolute Gasteiger partial charge is 0.264 e. The summed E-state index contributed by atoms with van der Waals surface area (Å²) < 4.78 is 28.7. The van der Waals surface area contributed by atoms with Crippen LogP contribution in [0.5, 0.6) is 0 Å². The molecular weight excluding hydrogens is 593 g/mol. The molecule has 7 nitrogen and oxygen atoms in total. The predicted molar refractivity (Wildman–Crippen MR) is 162 cm³/mol. The zero-order valence-corrected chi connectivity index (χ0v) is 26.0. The summed E-state index contributed by atoms with van der Waals surface area (Å²) in [6, 6.07) is 16.4. The fourth-order valence-electron chi connectivity index (χ4n) is 3.86. The van der Waals surface area contributed by atoms with Gasteiger partial charge in [0.15, 0.2) is 0 Å². The summed E-state index contributed by atoms with van der Waals surface area (Å²) in [6.07, 6.45) is 0. The minimum atomic E-state index is -4.19. The summed E-state index contributed by atoms with van der Waals surface area (Å²) in [5, 5.41) is 4.00. The van der Waals surface area contributed by atoms with Gasteiger partial charge in [0.05, 0.1) is 10.6 Å². The zero-order valence-electron chi connectivity index (χ0n) is 22.9. The van der Waals surface area contributed by atoms with Gasteiger partial charge in [0.25, 0.3) is 10.0 Å². The molecule has 0 heterocycles. The van der Waals surface area contributed by atoms with Crippen molar-refractivity contribution >= 4 is 62.3 Å². The molecule has 3 rings (SSSR count). The second-order valence-electron chi connectivity index (χ2n) is 10.5. The van der Waals surface area contributed by atoms with Gasteiger partial charge in [-0.05, 0) is 88.7 Å². The van der Waals surface area contributed by atoms with E-state index >= 15 is 0 Å². The molecule has 2 amide bonds. The van der Waals surface area contributed by atoms with Crippen LogP contribution in [0.15, 0.2) is 71.6 Å². The molecule has 0 saturated heterocycles. The number of carbonyl (C=O) groups is 2. The van der Waals surface area contributed by atoms with E-state index in [1.54, 1.807) is 49.4 Å². The number of hydrogen-bond donors (Lipinski definition) is 1. The first kappa shape index (κ1) is 31.7. The van der Waals surface area contributed by atoms with Crippen LogP contribution in [0.3, 0.4) is 0 Å². The number of nitrogens with zero attached hydrogens (tertiary/aromatic N) is 2. The van der Waals surface area contributed by atoms with Crippen molar-refractivity contribution in [3.05, 3.63) is 92.9 Å². The number of sulfonamides is 1. The average molecular weight is 625 g/mol. The number of nitrogens with one attached hydrogen (secondary N) is 1. The Kier molecular flexibility index (Phi) is 10.2. The van der Waals surface area contributed by atoms with Gasteiger partial charge < -0.3 is 10.2 Å². The molecule has 3 aromatic carbocycles. The highest BCUT2D eigenvalue weighted by Crippen LogP contribution is 2.27. The SMILES string of the molecule is Cc1ccc(N(CC(=O)N(Cc2ccc(Cl)cc2Cl)[C@H](C)C(=O)NC(C)(C)C)S(=O)(=O)c2ccc(Cl)cc2)cc1. The van der Waals surface area contributed by atoms with Crippen LogP contribution < -0.4 is 9.62 Å². The summed E-state index contributed by atoms with van der Waals surface area (Å²) >= 11 is 18.5. The topological polar surface area (TPSA) is 86.8 Å². The molecule has 0 aromatic heterocycles. The maximum absolute atomic E-state index is 14.0. The first-order valence-corrected chi connectivity index (χ1v) is 15.1. The van der Waals surface area contributed by atoms with Gasteiger partial charge in [-0.1, -0.05) is 58.6 Å². The zero-order chi connectivity index (χ0) is 29.8. The Morgan fingerprint density at radius 3 is 2.02 bits per heavy atom. The van der Waals surface area contributed by atoms with Gasteiger partial charge in [0.1, 0.15) is 12.6 Å². The molecule has 0 aliphatic rings. The van der Waals surface area contributed by atoms with Crippen LogP contribution >= 0.6 is 34.8 Å². The van der Waals surface area contributed by atoms with Crippen molar-refractivity contribution in [1.82, 2.24) is 10.2 Å². The van der Waals surface area contributed by atoms with Gasteiger partial charge >= 0.3 is 0 Å². The van der Waals surface area contributed by atoms with Crippen molar-refractivity contribution in [1.29, 1.82) is 0 Å². The first-order chi connectivity index (χ1) is 18.6. The lowest BCUT2D eigenvalue weighted by Crippen LogP contribution is -2.54. The van der Waals surface area contributed by atoms with Gasteiger partial charge in [0.2, 0.25) is 11.8 Å². The van der Waals surface area contributed by atoms with Crippen molar-refractivity contribution < 1.29 is 18.0 Å². The Labute approximate surface area is 251 Å². The Morgan fingerprint density at radius 1 is 0.900 bits per heavy atom. The molecule has 0 spiro atoms. The largest absolute Gasteiger partial charge is 0.350 e. The number of aryl methyl sites for hydroxylation is 1. The van der Waals surface area contributed by atoms with Crippen LogP contribution in [-0.4, -0.2) is 43.3 Å². The summed E-state index contributed by atoms with van der Waals surface area (Å²) in [7, 11) is -4.19. The van der Waals surface area contributed by atoms with Crippen molar-refractivity contribution in [2.75, 3.05) is 10.8 Å². The van der Waals surface area contributed by atoms with Gasteiger partial charge in [-0.15, -0.1) is 0 Å². The third-order valence-electron chi connectivity index (χ3n) is 6.02. The van der Waals surface area contributed by atoms with Gasteiger partial charge in [-0.2, -0.15) is 0 Å². The number of halogens is 3. The van der Waals surface area contributed by atoms with Gasteiger partial charge in [-0.25, -0.2) is 8.42 Å². The number of carbonyl (C=O) groups excluding carboxylic acids is 2. The van der Waals surface area contributed by atoms with Crippen LogP contribution in [0.4, 0.5) is 5.69 Å². The van der Waals surface area contributed by atoms with Crippen molar-refractivity contribution in [3.63, 3.8) is 0 Å². The fourth-order valence-corrected chi connectivity index (χ4v) is 5.87. The molecule has 1 N–H and O–H groups in total. The summed E-state index contributed by atoms with van der Waals surface area (Å²) in [6.45, 7) is 8.35. The van der Waals surface area contributed by atoms with Crippen LogP contribution in [0.1, 0.15) is 38.8 Å². The third kappa shape index (κ3) is 8.13. The summed E-state index contributed by atoms with van der Waals surface area (Å²) in [5.41, 5.74) is 1.22. The predicted octanol–water partition coefficient (Wildman–Crippen LogP) is 6.48. The lowest BCUT2D eigenvalue weighted by atomic mass is 10.1. The molecule has 11 heteroatoms. The van der Waals surface area contributed by atoms with E-state index in [1.165, 1.54) is 29.2 Å². The third-order valence-corrected chi connectivity index (χ3v) is 8.65. The Morgan fingerprint density at radius 2 is 1.48 bits per heavy atom. The lowest BCUT2D eigenvalue weighted by molar-refractivity contribution is -0.140. The normalized spacial score (nSPS) is 12.5. The van der Waals surface area contributed by atoms with Crippen molar-refractivity contribution in [2.45, 2.75) is 57.6 Å². The molecule has 214 valence electrons. The first-order valence-electron chi connectivity index (χ1n) is 12.5. The molecule has 0 aliphatic heterocycles. The molecule has 0 bridgehead atoms. The highest BCUT2D eigenvalue weighted by Gasteiger charge is 2.33. The Balaban J connectivity index is 2.05. The maximum Gasteiger partial charge on any atom is 0.264 e. The van der Waals surface area contributed by atoms with E-state index in [-0.39, 0.29) is 11.4 Å². The molecule has 0 unspecified atom stereocenters. The fraction of sp³-hybridized carbons (Fsp3) is 0.310. The lowest BCUT2D eigenvalue weighted by Gasteiger charge is -2.33. The second kappa shape index (κ2) is 12.8. The number of anilines is 1. The van der Waals surface area contributed by atoms with E-state index in [0.29, 0.717) is 26.3 Å². The Hall–Kier alpha value is -2.78. The quantitative estimate of drug-likeness (QED) is 0.295. The van der Waals surface area contributed by atoms with Crippen molar-refractivity contribution in [2.24, 2.45) is 0 Å². The summed E-state index contributed by atoms with van der Waals surface area (Å²) in [5.74, 6) is -0.992. The number of hydrogen-bond acceptors (Lipinski definition) is 4. The monoisotopic (exact) mass is 623 g/mol. The van der Waals surface area contributed by atoms with E-state index < -0.39 is 40.0 Å². The molecular formula is C29H32Cl3N3O4S. The van der Waals surface area contributed by atoms with Gasteiger partial charge in [-0.3, -0.25) is 13.9 Å². The molecule has 0 radical (unpaired) electrons. The summed E-state index contributed by atoms with van der Waals surface area (Å²) in [4.78, 5) is 28.4. The van der Waals surface area contributed by atoms with Crippen molar-refractivity contribution in [3.8, 4) is 0 Å². The molecule has 0 saturated carbocycles. The minimum Gasteiger partial charge on any atom is -0.350 e. The molecule has 40 heavy (non-hydrogen) atoms. The Bertz CT molecular complexity index is 1470.